The molecular weight excluding hydrogens is 268 g/mol. The maximum Gasteiger partial charge on any atom is 0.264 e. The molecule has 0 aliphatic rings. The van der Waals surface area contributed by atoms with Crippen LogP contribution < -0.4 is 16.2 Å². The highest BCUT2D eigenvalue weighted by atomic mass is 16.2. The fourth-order valence-corrected chi connectivity index (χ4v) is 2.03. The van der Waals surface area contributed by atoms with E-state index in [-0.39, 0.29) is 11.5 Å². The third kappa shape index (κ3) is 3.61. The first kappa shape index (κ1) is 15.1. The molecule has 0 atom stereocenters. The monoisotopic (exact) mass is 288 g/mol. The zero-order chi connectivity index (χ0) is 15.5. The minimum atomic E-state index is -0.626. The molecule has 2 aromatic rings. The van der Waals surface area contributed by atoms with Crippen molar-refractivity contribution in [3.05, 3.63) is 40.7 Å². The molecule has 0 spiro atoms. The van der Waals surface area contributed by atoms with Crippen molar-refractivity contribution in [2.24, 2.45) is 0 Å². The molecule has 112 valence electrons. The van der Waals surface area contributed by atoms with E-state index in [0.29, 0.717) is 11.4 Å². The van der Waals surface area contributed by atoms with E-state index in [1.54, 1.807) is 12.1 Å². The van der Waals surface area contributed by atoms with Gasteiger partial charge in [-0.1, -0.05) is 19.1 Å². The summed E-state index contributed by atoms with van der Waals surface area (Å²) in [7, 11) is 0. The molecule has 1 heterocycles. The number of aromatic nitrogens is 2. The number of rotatable bonds is 5. The summed E-state index contributed by atoms with van der Waals surface area (Å²) in [6.45, 7) is 6.36. The van der Waals surface area contributed by atoms with Gasteiger partial charge in [-0.05, 0) is 38.1 Å². The number of aromatic amines is 2. The summed E-state index contributed by atoms with van der Waals surface area (Å²) in [6, 6.07) is 8.78. The standard InChI is InChI=1S/C15H20N4O2/c1-4-16-15(2,3)14(21)17-11-7-5-10(6-8-11)12-9-13(20)19-18-12/h5-9,16H,4H2,1-3H3,(H,17,21)(H2,18,19,20). The zero-order valence-electron chi connectivity index (χ0n) is 12.4. The van der Waals surface area contributed by atoms with Gasteiger partial charge in [-0.15, -0.1) is 0 Å². The highest BCUT2D eigenvalue weighted by Crippen LogP contribution is 2.18. The van der Waals surface area contributed by atoms with E-state index in [0.717, 1.165) is 12.1 Å². The Hall–Kier alpha value is -2.34. The van der Waals surface area contributed by atoms with Crippen molar-refractivity contribution in [3.8, 4) is 11.3 Å². The van der Waals surface area contributed by atoms with Crippen molar-refractivity contribution >= 4 is 11.6 Å². The molecule has 0 saturated heterocycles. The number of H-pyrrole nitrogens is 2. The van der Waals surface area contributed by atoms with E-state index < -0.39 is 5.54 Å². The quantitative estimate of drug-likeness (QED) is 0.675. The number of carbonyl (C=O) groups excluding carboxylic acids is 1. The normalized spacial score (nSPS) is 11.4. The maximum atomic E-state index is 12.2. The lowest BCUT2D eigenvalue weighted by atomic mass is 10.0. The molecule has 1 aromatic heterocycles. The van der Waals surface area contributed by atoms with Crippen LogP contribution >= 0.6 is 0 Å². The van der Waals surface area contributed by atoms with Gasteiger partial charge in [0.25, 0.3) is 5.56 Å². The summed E-state index contributed by atoms with van der Waals surface area (Å²) in [5.74, 6) is -0.0906. The van der Waals surface area contributed by atoms with Gasteiger partial charge in [0.15, 0.2) is 0 Å². The van der Waals surface area contributed by atoms with Gasteiger partial charge in [-0.3, -0.25) is 19.8 Å². The SMILES string of the molecule is CCNC(C)(C)C(=O)Nc1ccc(-c2cc(=O)[nH][nH]2)cc1. The van der Waals surface area contributed by atoms with Crippen molar-refractivity contribution in [2.45, 2.75) is 26.3 Å². The molecule has 6 nitrogen and oxygen atoms in total. The number of hydrogen-bond acceptors (Lipinski definition) is 3. The molecule has 0 saturated carbocycles. The summed E-state index contributed by atoms with van der Waals surface area (Å²) in [6.07, 6.45) is 0. The second kappa shape index (κ2) is 5.97. The average molecular weight is 288 g/mol. The van der Waals surface area contributed by atoms with E-state index in [2.05, 4.69) is 20.8 Å². The third-order valence-electron chi connectivity index (χ3n) is 3.24. The number of nitrogens with one attached hydrogen (secondary N) is 4. The summed E-state index contributed by atoms with van der Waals surface area (Å²) in [5.41, 5.74) is 1.50. The lowest BCUT2D eigenvalue weighted by Crippen LogP contribution is -2.49. The number of amides is 1. The van der Waals surface area contributed by atoms with Gasteiger partial charge < -0.3 is 10.6 Å². The maximum absolute atomic E-state index is 12.2. The average Bonchev–Trinajstić information content (AvgIpc) is 2.86. The lowest BCUT2D eigenvalue weighted by molar-refractivity contribution is -0.121. The first-order valence-electron chi connectivity index (χ1n) is 6.87. The van der Waals surface area contributed by atoms with Crippen molar-refractivity contribution in [1.82, 2.24) is 15.5 Å². The second-order valence-corrected chi connectivity index (χ2v) is 5.36. The Labute approximate surface area is 122 Å². The lowest BCUT2D eigenvalue weighted by Gasteiger charge is -2.24. The van der Waals surface area contributed by atoms with Crippen molar-refractivity contribution in [1.29, 1.82) is 0 Å². The van der Waals surface area contributed by atoms with Crippen molar-refractivity contribution in [3.63, 3.8) is 0 Å². The van der Waals surface area contributed by atoms with Gasteiger partial charge in [0, 0.05) is 11.8 Å². The molecule has 0 bridgehead atoms. The van der Waals surface area contributed by atoms with Crippen LogP contribution in [-0.2, 0) is 4.79 Å². The molecule has 0 fully saturated rings. The van der Waals surface area contributed by atoms with Crippen LogP contribution in [0.4, 0.5) is 5.69 Å². The summed E-state index contributed by atoms with van der Waals surface area (Å²) in [5, 5.41) is 11.3. The number of hydrogen-bond donors (Lipinski definition) is 4. The van der Waals surface area contributed by atoms with E-state index >= 15 is 0 Å². The molecule has 4 N–H and O–H groups in total. The first-order valence-corrected chi connectivity index (χ1v) is 6.87. The van der Waals surface area contributed by atoms with Gasteiger partial charge in [0.2, 0.25) is 5.91 Å². The van der Waals surface area contributed by atoms with Crippen LogP contribution in [0.3, 0.4) is 0 Å². The Morgan fingerprint density at radius 1 is 1.19 bits per heavy atom. The Morgan fingerprint density at radius 2 is 1.86 bits per heavy atom. The van der Waals surface area contributed by atoms with E-state index in [1.165, 1.54) is 6.07 Å². The molecule has 1 amide bonds. The van der Waals surface area contributed by atoms with Crippen molar-refractivity contribution < 1.29 is 4.79 Å². The first-order chi connectivity index (χ1) is 9.92. The highest BCUT2D eigenvalue weighted by molar-refractivity contribution is 5.97. The molecule has 0 unspecified atom stereocenters. The van der Waals surface area contributed by atoms with Crippen LogP contribution in [-0.4, -0.2) is 28.2 Å². The Kier molecular flexibility index (Phi) is 4.28. The largest absolute Gasteiger partial charge is 0.325 e. The van der Waals surface area contributed by atoms with Crippen molar-refractivity contribution in [2.75, 3.05) is 11.9 Å². The van der Waals surface area contributed by atoms with Crippen LogP contribution in [0.15, 0.2) is 35.1 Å². The fraction of sp³-hybridized carbons (Fsp3) is 0.333. The predicted molar refractivity (Wildman–Crippen MR) is 83.2 cm³/mol. The second-order valence-electron chi connectivity index (χ2n) is 5.36. The number of carbonyl (C=O) groups is 1. The molecule has 0 radical (unpaired) electrons. The van der Waals surface area contributed by atoms with Crippen LogP contribution in [0.2, 0.25) is 0 Å². The fourth-order valence-electron chi connectivity index (χ4n) is 2.03. The van der Waals surface area contributed by atoms with E-state index in [9.17, 15) is 9.59 Å². The molecule has 1 aromatic carbocycles. The predicted octanol–water partition coefficient (Wildman–Crippen LogP) is 1.70. The Bertz CT molecular complexity index is 667. The topological polar surface area (TPSA) is 89.8 Å². The minimum Gasteiger partial charge on any atom is -0.325 e. The third-order valence-corrected chi connectivity index (χ3v) is 3.24. The van der Waals surface area contributed by atoms with Crippen LogP contribution in [0.25, 0.3) is 11.3 Å². The number of benzene rings is 1. The molecular formula is C15H20N4O2. The number of anilines is 1. The summed E-state index contributed by atoms with van der Waals surface area (Å²) >= 11 is 0. The molecule has 0 aliphatic carbocycles. The molecule has 0 aliphatic heterocycles. The minimum absolute atomic E-state index is 0.0906. The number of likely N-dealkylation sites (N-methyl/N-ethyl adjacent to an activating group) is 1. The smallest absolute Gasteiger partial charge is 0.264 e. The van der Waals surface area contributed by atoms with Gasteiger partial charge in [0.1, 0.15) is 0 Å². The van der Waals surface area contributed by atoms with Gasteiger partial charge in [-0.25, -0.2) is 0 Å². The van der Waals surface area contributed by atoms with Crippen LogP contribution in [0, 0.1) is 0 Å². The Balaban J connectivity index is 2.09. The van der Waals surface area contributed by atoms with Gasteiger partial charge in [-0.2, -0.15) is 0 Å². The molecule has 6 heteroatoms. The van der Waals surface area contributed by atoms with Gasteiger partial charge in [0.05, 0.1) is 11.2 Å². The molecule has 21 heavy (non-hydrogen) atoms. The van der Waals surface area contributed by atoms with E-state index in [4.69, 9.17) is 0 Å². The summed E-state index contributed by atoms with van der Waals surface area (Å²) in [4.78, 5) is 23.3. The Morgan fingerprint density at radius 3 is 2.38 bits per heavy atom. The van der Waals surface area contributed by atoms with Crippen LogP contribution in [0.1, 0.15) is 20.8 Å². The zero-order valence-corrected chi connectivity index (χ0v) is 12.4. The highest BCUT2D eigenvalue weighted by Gasteiger charge is 2.25. The molecule has 2 rings (SSSR count). The van der Waals surface area contributed by atoms with E-state index in [1.807, 2.05) is 32.9 Å². The summed E-state index contributed by atoms with van der Waals surface area (Å²) < 4.78 is 0. The van der Waals surface area contributed by atoms with Crippen LogP contribution in [0.5, 0.6) is 0 Å². The van der Waals surface area contributed by atoms with Gasteiger partial charge >= 0.3 is 0 Å².